The molecule has 3 rings (SSSR count). The molecular formula is C20H22ClN3O. The molecule has 0 fully saturated rings. The molecule has 25 heavy (non-hydrogen) atoms. The smallest absolute Gasteiger partial charge is 0.252 e. The minimum atomic E-state index is -0.0815. The monoisotopic (exact) mass is 355 g/mol. The van der Waals surface area contributed by atoms with Crippen LogP contribution < -0.4 is 10.6 Å². The van der Waals surface area contributed by atoms with Crippen LogP contribution in [0.2, 0.25) is 5.02 Å². The maximum absolute atomic E-state index is 12.2. The van der Waals surface area contributed by atoms with E-state index in [2.05, 4.69) is 21.7 Å². The molecular weight excluding hydrogens is 334 g/mol. The van der Waals surface area contributed by atoms with Crippen LogP contribution in [-0.4, -0.2) is 17.4 Å². The van der Waals surface area contributed by atoms with Gasteiger partial charge in [-0.25, -0.2) is 4.98 Å². The Kier molecular flexibility index (Phi) is 6.07. The van der Waals surface area contributed by atoms with E-state index < -0.39 is 0 Å². The van der Waals surface area contributed by atoms with Crippen LogP contribution >= 0.6 is 11.6 Å². The van der Waals surface area contributed by atoms with Crippen LogP contribution in [0.25, 0.3) is 0 Å². The first-order valence-electron chi connectivity index (χ1n) is 8.65. The van der Waals surface area contributed by atoms with Gasteiger partial charge in [0.2, 0.25) is 0 Å². The summed E-state index contributed by atoms with van der Waals surface area (Å²) in [4.78, 5) is 16.5. The Bertz CT molecular complexity index is 739. The normalized spacial score (nSPS) is 13.9. The second-order valence-electron chi connectivity index (χ2n) is 6.18. The second-order valence-corrected chi connectivity index (χ2v) is 6.61. The number of amides is 1. The SMILES string of the molecule is O=C(NCCC1=CCCCC1)c1ccc(Nc2ccc(Cl)cc2)nc1. The van der Waals surface area contributed by atoms with E-state index in [1.807, 2.05) is 24.3 Å². The summed E-state index contributed by atoms with van der Waals surface area (Å²) in [6.07, 6.45) is 9.75. The summed E-state index contributed by atoms with van der Waals surface area (Å²) in [6, 6.07) is 11.0. The first-order chi connectivity index (χ1) is 12.2. The lowest BCUT2D eigenvalue weighted by molar-refractivity contribution is 0.0953. The highest BCUT2D eigenvalue weighted by atomic mass is 35.5. The highest BCUT2D eigenvalue weighted by molar-refractivity contribution is 6.30. The van der Waals surface area contributed by atoms with Gasteiger partial charge in [-0.3, -0.25) is 4.79 Å². The number of carbonyl (C=O) groups is 1. The lowest BCUT2D eigenvalue weighted by Gasteiger charge is -2.13. The fraction of sp³-hybridized carbons (Fsp3) is 0.300. The predicted octanol–water partition coefficient (Wildman–Crippen LogP) is 5.10. The number of halogens is 1. The van der Waals surface area contributed by atoms with Gasteiger partial charge in [0.25, 0.3) is 5.91 Å². The van der Waals surface area contributed by atoms with Crippen molar-refractivity contribution in [3.05, 3.63) is 64.8 Å². The molecule has 0 saturated heterocycles. The van der Waals surface area contributed by atoms with E-state index in [4.69, 9.17) is 11.6 Å². The molecule has 1 heterocycles. The maximum Gasteiger partial charge on any atom is 0.252 e. The molecule has 0 atom stereocenters. The first kappa shape index (κ1) is 17.5. The van der Waals surface area contributed by atoms with E-state index in [1.54, 1.807) is 18.3 Å². The van der Waals surface area contributed by atoms with Crippen LogP contribution in [0.4, 0.5) is 11.5 Å². The molecule has 0 saturated carbocycles. The topological polar surface area (TPSA) is 54.0 Å². The van der Waals surface area contributed by atoms with E-state index in [0.717, 1.165) is 12.1 Å². The van der Waals surface area contributed by atoms with Crippen LogP contribution in [0.5, 0.6) is 0 Å². The third-order valence-electron chi connectivity index (χ3n) is 4.26. The van der Waals surface area contributed by atoms with Crippen molar-refractivity contribution < 1.29 is 4.79 Å². The van der Waals surface area contributed by atoms with Crippen LogP contribution in [0.3, 0.4) is 0 Å². The van der Waals surface area contributed by atoms with Gasteiger partial charge in [-0.15, -0.1) is 0 Å². The number of aromatic nitrogens is 1. The summed E-state index contributed by atoms with van der Waals surface area (Å²) in [5.74, 6) is 0.605. The molecule has 1 aromatic heterocycles. The van der Waals surface area contributed by atoms with Crippen molar-refractivity contribution >= 4 is 29.0 Å². The Morgan fingerprint density at radius 1 is 1.12 bits per heavy atom. The predicted molar refractivity (Wildman–Crippen MR) is 102 cm³/mol. The number of pyridine rings is 1. The lowest BCUT2D eigenvalue weighted by Crippen LogP contribution is -2.25. The Morgan fingerprint density at radius 2 is 1.96 bits per heavy atom. The third kappa shape index (κ3) is 5.33. The van der Waals surface area contributed by atoms with Gasteiger partial charge in [-0.1, -0.05) is 23.3 Å². The van der Waals surface area contributed by atoms with Gasteiger partial charge in [0.1, 0.15) is 5.82 Å². The van der Waals surface area contributed by atoms with Crippen molar-refractivity contribution in [2.24, 2.45) is 0 Å². The van der Waals surface area contributed by atoms with Crippen LogP contribution in [0, 0.1) is 0 Å². The maximum atomic E-state index is 12.2. The molecule has 0 spiro atoms. The number of nitrogens with one attached hydrogen (secondary N) is 2. The van der Waals surface area contributed by atoms with Crippen molar-refractivity contribution in [2.75, 3.05) is 11.9 Å². The Hall–Kier alpha value is -2.33. The fourth-order valence-corrected chi connectivity index (χ4v) is 2.98. The fourth-order valence-electron chi connectivity index (χ4n) is 2.85. The summed E-state index contributed by atoms with van der Waals surface area (Å²) in [5, 5.41) is 6.83. The van der Waals surface area contributed by atoms with Gasteiger partial charge in [0, 0.05) is 23.5 Å². The molecule has 1 amide bonds. The molecule has 2 aromatic rings. The van der Waals surface area contributed by atoms with E-state index in [9.17, 15) is 4.79 Å². The van der Waals surface area contributed by atoms with Crippen molar-refractivity contribution in [1.82, 2.24) is 10.3 Å². The number of hydrogen-bond acceptors (Lipinski definition) is 3. The zero-order chi connectivity index (χ0) is 17.5. The molecule has 130 valence electrons. The molecule has 1 aliphatic carbocycles. The zero-order valence-electron chi connectivity index (χ0n) is 14.1. The van der Waals surface area contributed by atoms with Crippen molar-refractivity contribution in [3.63, 3.8) is 0 Å². The number of carbonyl (C=O) groups excluding carboxylic acids is 1. The number of hydrogen-bond donors (Lipinski definition) is 2. The number of nitrogens with zero attached hydrogens (tertiary/aromatic N) is 1. The van der Waals surface area contributed by atoms with Crippen LogP contribution in [0.15, 0.2) is 54.2 Å². The van der Waals surface area contributed by atoms with Gasteiger partial charge in [-0.05, 0) is 68.5 Å². The minimum absolute atomic E-state index is 0.0815. The number of allylic oxidation sites excluding steroid dienone is 1. The molecule has 1 aromatic carbocycles. The minimum Gasteiger partial charge on any atom is -0.352 e. The Labute approximate surface area is 153 Å². The summed E-state index contributed by atoms with van der Waals surface area (Å²) in [6.45, 7) is 0.676. The molecule has 0 aliphatic heterocycles. The molecule has 0 bridgehead atoms. The van der Waals surface area contributed by atoms with E-state index in [0.29, 0.717) is 22.9 Å². The molecule has 0 radical (unpaired) electrons. The number of anilines is 2. The highest BCUT2D eigenvalue weighted by Gasteiger charge is 2.08. The van der Waals surface area contributed by atoms with E-state index >= 15 is 0 Å². The molecule has 0 unspecified atom stereocenters. The van der Waals surface area contributed by atoms with Gasteiger partial charge in [0.15, 0.2) is 0 Å². The van der Waals surface area contributed by atoms with Gasteiger partial charge in [0.05, 0.1) is 5.56 Å². The molecule has 2 N–H and O–H groups in total. The Morgan fingerprint density at radius 3 is 2.64 bits per heavy atom. The van der Waals surface area contributed by atoms with Crippen molar-refractivity contribution in [1.29, 1.82) is 0 Å². The summed E-state index contributed by atoms with van der Waals surface area (Å²) in [5.41, 5.74) is 2.93. The largest absolute Gasteiger partial charge is 0.352 e. The van der Waals surface area contributed by atoms with Gasteiger partial charge >= 0.3 is 0 Å². The number of benzene rings is 1. The Balaban J connectivity index is 1.49. The lowest BCUT2D eigenvalue weighted by atomic mass is 9.97. The highest BCUT2D eigenvalue weighted by Crippen LogP contribution is 2.20. The number of rotatable bonds is 6. The van der Waals surface area contributed by atoms with Gasteiger partial charge in [-0.2, -0.15) is 0 Å². The zero-order valence-corrected chi connectivity index (χ0v) is 14.9. The molecule has 5 heteroatoms. The average molecular weight is 356 g/mol. The van der Waals surface area contributed by atoms with E-state index in [1.165, 1.54) is 31.3 Å². The van der Waals surface area contributed by atoms with Crippen molar-refractivity contribution in [2.45, 2.75) is 32.1 Å². The van der Waals surface area contributed by atoms with Crippen LogP contribution in [0.1, 0.15) is 42.5 Å². The second kappa shape index (κ2) is 8.67. The standard InChI is InChI=1S/C20H22ClN3O/c21-17-7-9-18(10-8-17)24-19-11-6-16(14-23-19)20(25)22-13-12-15-4-2-1-3-5-15/h4,6-11,14H,1-3,5,12-13H2,(H,22,25)(H,23,24). The quantitative estimate of drug-likeness (QED) is 0.709. The summed E-state index contributed by atoms with van der Waals surface area (Å²) >= 11 is 5.87. The molecule has 4 nitrogen and oxygen atoms in total. The van der Waals surface area contributed by atoms with Gasteiger partial charge < -0.3 is 10.6 Å². The summed E-state index contributed by atoms with van der Waals surface area (Å²) < 4.78 is 0. The average Bonchev–Trinajstić information content (AvgIpc) is 2.65. The summed E-state index contributed by atoms with van der Waals surface area (Å²) in [7, 11) is 0. The van der Waals surface area contributed by atoms with Crippen LogP contribution in [-0.2, 0) is 0 Å². The first-order valence-corrected chi connectivity index (χ1v) is 9.03. The van der Waals surface area contributed by atoms with E-state index in [-0.39, 0.29) is 5.91 Å². The third-order valence-corrected chi connectivity index (χ3v) is 4.51. The van der Waals surface area contributed by atoms with Crippen molar-refractivity contribution in [3.8, 4) is 0 Å². The molecule has 1 aliphatic rings.